The molecule has 150 valence electrons. The van der Waals surface area contributed by atoms with Gasteiger partial charge in [0.05, 0.1) is 5.56 Å². The fourth-order valence-electron chi connectivity index (χ4n) is 3.11. The van der Waals surface area contributed by atoms with Crippen molar-refractivity contribution in [2.24, 2.45) is 0 Å². The second-order valence-electron chi connectivity index (χ2n) is 6.75. The molecule has 1 atom stereocenters. The third-order valence-corrected chi connectivity index (χ3v) is 5.14. The Balaban J connectivity index is 1.57. The minimum atomic E-state index is -0.963. The smallest absolute Gasteiger partial charge is 0.334 e. The molecule has 0 bridgehead atoms. The zero-order valence-corrected chi connectivity index (χ0v) is 16.7. The zero-order valence-electron chi connectivity index (χ0n) is 15.9. The number of allylic oxidation sites excluding steroid dienone is 1. The highest BCUT2D eigenvalue weighted by Crippen LogP contribution is 2.39. The zero-order chi connectivity index (χ0) is 21.3. The van der Waals surface area contributed by atoms with Gasteiger partial charge in [-0.15, -0.1) is 11.6 Å². The number of rotatable bonds is 4. The maximum absolute atomic E-state index is 13.1. The average molecular weight is 423 g/mol. The van der Waals surface area contributed by atoms with E-state index < -0.39 is 11.3 Å². The summed E-state index contributed by atoms with van der Waals surface area (Å²) in [4.78, 5) is 25.1. The number of hydrogen-bond acceptors (Lipinski definition) is 4. The highest BCUT2D eigenvalue weighted by atomic mass is 35.5. The van der Waals surface area contributed by atoms with Crippen LogP contribution < -0.4 is 9.47 Å². The molecule has 30 heavy (non-hydrogen) atoms. The van der Waals surface area contributed by atoms with Crippen LogP contribution in [0.2, 0.25) is 0 Å². The molecule has 0 amide bonds. The lowest BCUT2D eigenvalue weighted by atomic mass is 10.1. The number of benzene rings is 3. The van der Waals surface area contributed by atoms with E-state index in [1.54, 1.807) is 55.5 Å². The predicted molar refractivity (Wildman–Crippen MR) is 111 cm³/mol. The number of alkyl halides is 1. The molecule has 4 rings (SSSR count). The molecule has 0 radical (unpaired) electrons. The van der Waals surface area contributed by atoms with E-state index in [2.05, 4.69) is 0 Å². The van der Waals surface area contributed by atoms with E-state index in [9.17, 15) is 14.0 Å². The van der Waals surface area contributed by atoms with Gasteiger partial charge in [-0.2, -0.15) is 0 Å². The number of Topliss-reactive ketones (excluding diaryl/α,β-unsaturated/α-hetero) is 1. The first-order valence-electron chi connectivity index (χ1n) is 9.18. The number of hydrogen-bond donors (Lipinski definition) is 0. The van der Waals surface area contributed by atoms with E-state index >= 15 is 0 Å². The van der Waals surface area contributed by atoms with Crippen LogP contribution in [0.3, 0.4) is 0 Å². The lowest BCUT2D eigenvalue weighted by molar-refractivity contribution is -0.134. The molecule has 0 aliphatic carbocycles. The highest BCUT2D eigenvalue weighted by molar-refractivity contribution is 6.30. The summed E-state index contributed by atoms with van der Waals surface area (Å²) in [5.74, 6) is -0.593. The fraction of sp³-hybridized carbons (Fsp3) is 0.0833. The lowest BCUT2D eigenvalue weighted by Gasteiger charge is -2.13. The summed E-state index contributed by atoms with van der Waals surface area (Å²) in [6, 6.07) is 17.7. The van der Waals surface area contributed by atoms with Crippen molar-refractivity contribution in [2.45, 2.75) is 12.3 Å². The number of ketones is 1. The van der Waals surface area contributed by atoms with Crippen molar-refractivity contribution < 1.29 is 23.5 Å². The van der Waals surface area contributed by atoms with Crippen LogP contribution in [0.4, 0.5) is 4.39 Å². The van der Waals surface area contributed by atoms with Crippen molar-refractivity contribution >= 4 is 29.4 Å². The first-order chi connectivity index (χ1) is 14.4. The van der Waals surface area contributed by atoms with Crippen molar-refractivity contribution in [3.05, 3.63) is 101 Å². The Labute approximate surface area is 177 Å². The largest absolute Gasteiger partial charge is 0.452 e. The van der Waals surface area contributed by atoms with Gasteiger partial charge in [-0.3, -0.25) is 4.79 Å². The van der Waals surface area contributed by atoms with Gasteiger partial charge in [0.1, 0.15) is 17.3 Å². The second kappa shape index (κ2) is 8.13. The van der Waals surface area contributed by atoms with Gasteiger partial charge in [0.25, 0.3) is 0 Å². The summed E-state index contributed by atoms with van der Waals surface area (Å²) in [6.07, 6.45) is 1.54. The number of esters is 1. The number of carbonyl (C=O) groups excluding carboxylic acids is 2. The maximum atomic E-state index is 13.1. The molecule has 0 aromatic heterocycles. The van der Waals surface area contributed by atoms with Gasteiger partial charge in [0.15, 0.2) is 11.1 Å². The van der Waals surface area contributed by atoms with E-state index in [0.29, 0.717) is 28.0 Å². The Hall–Kier alpha value is -3.44. The Morgan fingerprint density at radius 2 is 1.77 bits per heavy atom. The summed E-state index contributed by atoms with van der Waals surface area (Å²) in [5.41, 5.74) is 2.13. The first kappa shape index (κ1) is 19.9. The Morgan fingerprint density at radius 3 is 2.47 bits per heavy atom. The molecule has 3 aromatic carbocycles. The van der Waals surface area contributed by atoms with Crippen molar-refractivity contribution in [1.82, 2.24) is 0 Å². The molecule has 4 nitrogen and oxygen atoms in total. The molecule has 1 unspecified atom stereocenters. The Bertz CT molecular complexity index is 1150. The number of halogens is 2. The van der Waals surface area contributed by atoms with E-state index in [1.807, 2.05) is 6.07 Å². The first-order valence-corrected chi connectivity index (χ1v) is 9.62. The molecule has 3 aromatic rings. The van der Waals surface area contributed by atoms with Gasteiger partial charge >= 0.3 is 5.97 Å². The van der Waals surface area contributed by atoms with Crippen LogP contribution in [0, 0.1) is 12.7 Å². The number of fused-ring (bicyclic) bond motifs is 1. The molecular weight excluding hydrogens is 407 g/mol. The van der Waals surface area contributed by atoms with Crippen LogP contribution in [-0.2, 0) is 4.79 Å². The van der Waals surface area contributed by atoms with Crippen LogP contribution in [0.15, 0.2) is 72.5 Å². The fourth-order valence-corrected chi connectivity index (χ4v) is 3.30. The molecule has 0 saturated carbocycles. The average Bonchev–Trinajstić information content (AvgIpc) is 3.08. The summed E-state index contributed by atoms with van der Waals surface area (Å²) in [7, 11) is 0. The van der Waals surface area contributed by atoms with Gasteiger partial charge in [-0.05, 0) is 48.4 Å². The van der Waals surface area contributed by atoms with Crippen molar-refractivity contribution in [3.8, 4) is 11.5 Å². The van der Waals surface area contributed by atoms with Crippen molar-refractivity contribution in [1.29, 1.82) is 0 Å². The van der Waals surface area contributed by atoms with Crippen LogP contribution in [0.5, 0.6) is 11.5 Å². The standard InChI is InChI=1S/C24H16ClFO4/c1-14-19(30-24(28)21(25)16-5-3-2-4-6-16)12-11-18-22(27)20(29-23(14)18)13-15-7-9-17(26)10-8-15/h2-13,21H,1H3/b20-13-. The molecule has 1 heterocycles. The molecule has 1 aliphatic rings. The van der Waals surface area contributed by atoms with Gasteiger partial charge in [0, 0.05) is 5.56 Å². The number of ether oxygens (including phenoxy) is 2. The van der Waals surface area contributed by atoms with Crippen LogP contribution in [0.25, 0.3) is 6.08 Å². The second-order valence-corrected chi connectivity index (χ2v) is 7.19. The van der Waals surface area contributed by atoms with Gasteiger partial charge in [-0.25, -0.2) is 9.18 Å². The lowest BCUT2D eigenvalue weighted by Crippen LogP contribution is -2.15. The summed E-state index contributed by atoms with van der Waals surface area (Å²) < 4.78 is 24.3. The highest BCUT2D eigenvalue weighted by Gasteiger charge is 2.31. The normalized spacial score (nSPS) is 14.9. The molecule has 1 aliphatic heterocycles. The molecule has 0 fully saturated rings. The van der Waals surface area contributed by atoms with Crippen molar-refractivity contribution in [2.75, 3.05) is 0 Å². The van der Waals surface area contributed by atoms with Crippen LogP contribution in [-0.4, -0.2) is 11.8 Å². The SMILES string of the molecule is Cc1c(OC(=O)C(Cl)c2ccccc2)ccc2c1O/C(=C\c1ccc(F)cc1)C2=O. The predicted octanol–water partition coefficient (Wildman–Crippen LogP) is 5.64. The minimum Gasteiger partial charge on any atom is -0.452 e. The maximum Gasteiger partial charge on any atom is 0.334 e. The summed E-state index contributed by atoms with van der Waals surface area (Å²) in [5, 5.41) is -0.963. The van der Waals surface area contributed by atoms with E-state index in [0.717, 1.165) is 0 Å². The quantitative estimate of drug-likeness (QED) is 0.236. The van der Waals surface area contributed by atoms with Gasteiger partial charge in [0.2, 0.25) is 5.78 Å². The Kier molecular flexibility index (Phi) is 5.38. The molecule has 6 heteroatoms. The third-order valence-electron chi connectivity index (χ3n) is 4.71. The molecule has 0 N–H and O–H groups in total. The topological polar surface area (TPSA) is 52.6 Å². The molecule has 0 saturated heterocycles. The van der Waals surface area contributed by atoms with Crippen molar-refractivity contribution in [3.63, 3.8) is 0 Å². The van der Waals surface area contributed by atoms with Gasteiger partial charge in [-0.1, -0.05) is 42.5 Å². The van der Waals surface area contributed by atoms with E-state index in [4.69, 9.17) is 21.1 Å². The summed E-state index contributed by atoms with van der Waals surface area (Å²) >= 11 is 6.23. The third kappa shape index (κ3) is 3.84. The van der Waals surface area contributed by atoms with Crippen LogP contribution in [0.1, 0.15) is 32.4 Å². The molecular formula is C24H16ClFO4. The number of carbonyl (C=O) groups is 2. The Morgan fingerprint density at radius 1 is 1.07 bits per heavy atom. The van der Waals surface area contributed by atoms with Gasteiger partial charge < -0.3 is 9.47 Å². The summed E-state index contributed by atoms with van der Waals surface area (Å²) in [6.45, 7) is 1.70. The van der Waals surface area contributed by atoms with E-state index in [1.165, 1.54) is 18.2 Å². The van der Waals surface area contributed by atoms with Crippen LogP contribution >= 0.6 is 11.6 Å². The molecule has 0 spiro atoms. The monoisotopic (exact) mass is 422 g/mol. The minimum absolute atomic E-state index is 0.114. The van der Waals surface area contributed by atoms with E-state index in [-0.39, 0.29) is 23.1 Å².